The van der Waals surface area contributed by atoms with E-state index in [1.54, 1.807) is 11.4 Å². The molecule has 0 unspecified atom stereocenters. The first-order valence-corrected chi connectivity index (χ1v) is 4.99. The van der Waals surface area contributed by atoms with Crippen LogP contribution in [0.1, 0.15) is 23.3 Å². The monoisotopic (exact) mass is 214 g/mol. The number of thiophene rings is 1. The highest BCUT2D eigenvalue weighted by atomic mass is 32.1. The van der Waals surface area contributed by atoms with Crippen molar-refractivity contribution in [2.45, 2.75) is 24.3 Å². The van der Waals surface area contributed by atoms with E-state index in [1.165, 1.54) is 11.3 Å². The van der Waals surface area contributed by atoms with Gasteiger partial charge in [-0.15, -0.1) is 11.3 Å². The van der Waals surface area contributed by atoms with Crippen LogP contribution in [-0.4, -0.2) is 5.92 Å². The number of nitrogens with two attached hydrogens (primary N) is 1. The van der Waals surface area contributed by atoms with Crippen molar-refractivity contribution in [3.05, 3.63) is 21.9 Å². The number of nitriles is 1. The third-order valence-electron chi connectivity index (χ3n) is 2.37. The Morgan fingerprint density at radius 1 is 1.50 bits per heavy atom. The normalized spacial score (nSPS) is 22.4. The second-order valence-corrected chi connectivity index (χ2v) is 4.59. The maximum Gasteiger partial charge on any atom is 0.252 e. The van der Waals surface area contributed by atoms with Crippen LogP contribution in [0.5, 0.6) is 0 Å². The Hall–Kier alpha value is -0.990. The Kier molecular flexibility index (Phi) is 1.88. The number of hydrogen-bond donors (Lipinski definition) is 1. The maximum absolute atomic E-state index is 12.7. The molecule has 1 aliphatic carbocycles. The van der Waals surface area contributed by atoms with Crippen LogP contribution in [0.4, 0.5) is 8.78 Å². The number of halogens is 2. The first kappa shape index (κ1) is 9.56. The van der Waals surface area contributed by atoms with Gasteiger partial charge in [0, 0.05) is 23.1 Å². The molecule has 1 saturated carbocycles. The van der Waals surface area contributed by atoms with E-state index < -0.39 is 11.5 Å². The summed E-state index contributed by atoms with van der Waals surface area (Å²) >= 11 is 1.28. The van der Waals surface area contributed by atoms with Crippen molar-refractivity contribution < 1.29 is 8.78 Å². The highest BCUT2D eigenvalue weighted by molar-refractivity contribution is 7.10. The zero-order chi connectivity index (χ0) is 10.4. The summed E-state index contributed by atoms with van der Waals surface area (Å²) in [6, 6.07) is 3.55. The molecule has 1 aromatic heterocycles. The molecule has 74 valence electrons. The summed E-state index contributed by atoms with van der Waals surface area (Å²) in [7, 11) is 0. The van der Waals surface area contributed by atoms with E-state index >= 15 is 0 Å². The van der Waals surface area contributed by atoms with Crippen LogP contribution in [0.2, 0.25) is 0 Å². The largest absolute Gasteiger partial charge is 0.320 e. The second kappa shape index (κ2) is 2.75. The van der Waals surface area contributed by atoms with E-state index in [9.17, 15) is 8.78 Å². The molecule has 0 saturated heterocycles. The Morgan fingerprint density at radius 2 is 2.14 bits per heavy atom. The van der Waals surface area contributed by atoms with E-state index in [0.717, 1.165) is 0 Å². The number of rotatable bonds is 1. The minimum Gasteiger partial charge on any atom is -0.320 e. The van der Waals surface area contributed by atoms with Gasteiger partial charge in [-0.2, -0.15) is 5.26 Å². The van der Waals surface area contributed by atoms with Crippen molar-refractivity contribution in [1.29, 1.82) is 5.26 Å². The molecule has 0 aliphatic heterocycles. The van der Waals surface area contributed by atoms with Gasteiger partial charge in [0.2, 0.25) is 0 Å². The van der Waals surface area contributed by atoms with Crippen molar-refractivity contribution in [3.63, 3.8) is 0 Å². The quantitative estimate of drug-likeness (QED) is 0.779. The van der Waals surface area contributed by atoms with Gasteiger partial charge < -0.3 is 5.73 Å². The molecule has 2 nitrogen and oxygen atoms in total. The molecule has 0 radical (unpaired) electrons. The van der Waals surface area contributed by atoms with Gasteiger partial charge in [-0.3, -0.25) is 0 Å². The molecule has 0 atom stereocenters. The lowest BCUT2D eigenvalue weighted by molar-refractivity contribution is -0.123. The van der Waals surface area contributed by atoms with Crippen molar-refractivity contribution >= 4 is 11.3 Å². The fourth-order valence-electron chi connectivity index (χ4n) is 1.70. The third-order valence-corrected chi connectivity index (χ3v) is 3.52. The SMILES string of the molecule is N#Cc1csc(C2(N)CC(F)(F)C2)c1. The van der Waals surface area contributed by atoms with E-state index in [2.05, 4.69) is 0 Å². The van der Waals surface area contributed by atoms with Crippen LogP contribution in [-0.2, 0) is 5.54 Å². The molecule has 1 fully saturated rings. The minimum atomic E-state index is -2.63. The van der Waals surface area contributed by atoms with Gasteiger partial charge in [-0.1, -0.05) is 0 Å². The molecule has 1 heterocycles. The summed E-state index contributed by atoms with van der Waals surface area (Å²) in [4.78, 5) is 0.681. The molecular weight excluding hydrogens is 206 g/mol. The predicted molar refractivity (Wildman–Crippen MR) is 49.1 cm³/mol. The summed E-state index contributed by atoms with van der Waals surface area (Å²) in [5.41, 5.74) is 5.37. The lowest BCUT2D eigenvalue weighted by atomic mass is 9.73. The van der Waals surface area contributed by atoms with Gasteiger partial charge in [0.15, 0.2) is 0 Å². The van der Waals surface area contributed by atoms with Crippen LogP contribution in [0.3, 0.4) is 0 Å². The van der Waals surface area contributed by atoms with Gasteiger partial charge in [-0.25, -0.2) is 8.78 Å². The maximum atomic E-state index is 12.7. The summed E-state index contributed by atoms with van der Waals surface area (Å²) in [5, 5.41) is 10.2. The van der Waals surface area contributed by atoms with E-state index in [4.69, 9.17) is 11.0 Å². The van der Waals surface area contributed by atoms with Crippen LogP contribution in [0, 0.1) is 11.3 Å². The van der Waals surface area contributed by atoms with Crippen molar-refractivity contribution in [2.24, 2.45) is 5.73 Å². The van der Waals surface area contributed by atoms with E-state index in [1.807, 2.05) is 6.07 Å². The molecule has 1 aliphatic rings. The molecule has 0 bridgehead atoms. The van der Waals surface area contributed by atoms with Gasteiger partial charge in [0.25, 0.3) is 5.92 Å². The fourth-order valence-corrected chi connectivity index (χ4v) is 2.65. The lowest BCUT2D eigenvalue weighted by Gasteiger charge is -2.43. The number of nitrogens with zero attached hydrogens (tertiary/aromatic N) is 1. The molecular formula is C9H8F2N2S. The average molecular weight is 214 g/mol. The number of alkyl halides is 2. The molecule has 1 aromatic rings. The zero-order valence-corrected chi connectivity index (χ0v) is 8.07. The van der Waals surface area contributed by atoms with Crippen molar-refractivity contribution in [1.82, 2.24) is 0 Å². The molecule has 0 spiro atoms. The summed E-state index contributed by atoms with van der Waals surface area (Å²) in [6.45, 7) is 0. The van der Waals surface area contributed by atoms with Crippen LogP contribution in [0.25, 0.3) is 0 Å². The highest BCUT2D eigenvalue weighted by Crippen LogP contribution is 2.51. The first-order chi connectivity index (χ1) is 6.45. The molecule has 0 amide bonds. The van der Waals surface area contributed by atoms with Gasteiger partial charge in [0.1, 0.15) is 6.07 Å². The highest BCUT2D eigenvalue weighted by Gasteiger charge is 2.55. The minimum absolute atomic E-state index is 0.314. The molecule has 2 rings (SSSR count). The van der Waals surface area contributed by atoms with Gasteiger partial charge in [-0.05, 0) is 6.07 Å². The van der Waals surface area contributed by atoms with Gasteiger partial charge in [0.05, 0.1) is 11.1 Å². The molecule has 14 heavy (non-hydrogen) atoms. The number of hydrogen-bond acceptors (Lipinski definition) is 3. The first-order valence-electron chi connectivity index (χ1n) is 4.11. The standard InChI is InChI=1S/C9H8F2N2S/c10-9(11)4-8(13,5-9)7-1-6(2-12)3-14-7/h1,3H,4-5,13H2. The van der Waals surface area contributed by atoms with Crippen molar-refractivity contribution in [2.75, 3.05) is 0 Å². The Bertz CT molecular complexity index is 397. The molecule has 2 N–H and O–H groups in total. The van der Waals surface area contributed by atoms with Crippen molar-refractivity contribution in [3.8, 4) is 6.07 Å². The van der Waals surface area contributed by atoms with Crippen LogP contribution in [0.15, 0.2) is 11.4 Å². The second-order valence-electron chi connectivity index (χ2n) is 3.68. The third kappa shape index (κ3) is 1.41. The van der Waals surface area contributed by atoms with Gasteiger partial charge >= 0.3 is 0 Å². The average Bonchev–Trinajstić information content (AvgIpc) is 2.48. The van der Waals surface area contributed by atoms with Crippen LogP contribution < -0.4 is 5.73 Å². The predicted octanol–water partition coefficient (Wildman–Crippen LogP) is 2.20. The summed E-state index contributed by atoms with van der Waals surface area (Å²) < 4.78 is 25.3. The fraction of sp³-hybridized carbons (Fsp3) is 0.444. The summed E-state index contributed by atoms with van der Waals surface area (Å²) in [5.74, 6) is -2.63. The van der Waals surface area contributed by atoms with E-state index in [0.29, 0.717) is 10.4 Å². The lowest BCUT2D eigenvalue weighted by Crippen LogP contribution is -2.55. The van der Waals surface area contributed by atoms with Crippen LogP contribution >= 0.6 is 11.3 Å². The molecule has 5 heteroatoms. The van der Waals surface area contributed by atoms with E-state index in [-0.39, 0.29) is 12.8 Å². The zero-order valence-electron chi connectivity index (χ0n) is 7.26. The Labute approximate surface area is 84.0 Å². The smallest absolute Gasteiger partial charge is 0.252 e. The summed E-state index contributed by atoms with van der Waals surface area (Å²) in [6.07, 6.45) is -0.628. The Balaban J connectivity index is 2.22. The topological polar surface area (TPSA) is 49.8 Å². The molecule has 0 aromatic carbocycles. The Morgan fingerprint density at radius 3 is 2.57 bits per heavy atom.